The topological polar surface area (TPSA) is 20.2 Å². The zero-order valence-corrected chi connectivity index (χ0v) is 7.21. The van der Waals surface area contributed by atoms with Crippen LogP contribution in [0.4, 0.5) is 0 Å². The van der Waals surface area contributed by atoms with Crippen LogP contribution in [0.15, 0.2) is 18.2 Å². The van der Waals surface area contributed by atoms with Crippen LogP contribution in [0.25, 0.3) is 0 Å². The summed E-state index contributed by atoms with van der Waals surface area (Å²) in [4.78, 5) is 0. The number of aromatic hydroxyl groups is 1. The molecule has 0 fully saturated rings. The van der Waals surface area contributed by atoms with Gasteiger partial charge in [-0.1, -0.05) is 6.07 Å². The van der Waals surface area contributed by atoms with Crippen LogP contribution >= 0.6 is 22.6 Å². The molecule has 1 N–H and O–H groups in total. The lowest BCUT2D eigenvalue weighted by Gasteiger charge is -1.96. The Kier molecular flexibility index (Phi) is 2.00. The summed E-state index contributed by atoms with van der Waals surface area (Å²) < 4.78 is 1.16. The van der Waals surface area contributed by atoms with Crippen LogP contribution in [0, 0.1) is 3.57 Å². The standard InChI is InChI=1S/C6H6BIO/c7-5-3-4(8)1-2-6(5)9/h1-3,9H,7H2. The van der Waals surface area contributed by atoms with E-state index in [1.54, 1.807) is 6.07 Å². The van der Waals surface area contributed by atoms with Gasteiger partial charge >= 0.3 is 0 Å². The van der Waals surface area contributed by atoms with Crippen molar-refractivity contribution in [2.75, 3.05) is 0 Å². The minimum Gasteiger partial charge on any atom is -0.509 e. The Bertz CT molecular complexity index is 224. The molecule has 9 heavy (non-hydrogen) atoms. The van der Waals surface area contributed by atoms with E-state index < -0.39 is 0 Å². The molecule has 0 aromatic heterocycles. The minimum atomic E-state index is 0.371. The van der Waals surface area contributed by atoms with E-state index in [0.29, 0.717) is 5.75 Å². The van der Waals surface area contributed by atoms with E-state index in [9.17, 15) is 0 Å². The number of halogens is 1. The smallest absolute Gasteiger partial charge is 0.144 e. The molecule has 3 heteroatoms. The van der Waals surface area contributed by atoms with E-state index in [0.717, 1.165) is 9.03 Å². The fraction of sp³-hybridized carbons (Fsp3) is 0. The third kappa shape index (κ3) is 1.61. The minimum absolute atomic E-state index is 0.371. The molecule has 1 rings (SSSR count). The molecule has 0 heterocycles. The summed E-state index contributed by atoms with van der Waals surface area (Å²) in [5, 5.41) is 9.04. The molecule has 0 unspecified atom stereocenters. The van der Waals surface area contributed by atoms with Gasteiger partial charge in [0.15, 0.2) is 0 Å². The summed E-state index contributed by atoms with van der Waals surface area (Å²) in [5.41, 5.74) is 0.932. The van der Waals surface area contributed by atoms with Crippen LogP contribution < -0.4 is 5.46 Å². The van der Waals surface area contributed by atoms with Gasteiger partial charge in [-0.2, -0.15) is 0 Å². The van der Waals surface area contributed by atoms with Gasteiger partial charge in [-0.15, -0.1) is 0 Å². The molecule has 0 radical (unpaired) electrons. The van der Waals surface area contributed by atoms with E-state index in [-0.39, 0.29) is 0 Å². The highest BCUT2D eigenvalue weighted by molar-refractivity contribution is 14.1. The summed E-state index contributed by atoms with van der Waals surface area (Å²) in [5.74, 6) is 0.371. The maximum absolute atomic E-state index is 9.04. The van der Waals surface area contributed by atoms with Crippen LogP contribution in [0.5, 0.6) is 5.75 Å². The number of phenolic OH excluding ortho intramolecular Hbond substituents is 1. The maximum atomic E-state index is 9.04. The average molecular weight is 232 g/mol. The van der Waals surface area contributed by atoms with Crippen molar-refractivity contribution in [3.05, 3.63) is 21.8 Å². The predicted octanol–water partition coefficient (Wildman–Crippen LogP) is 0.255. The normalized spacial score (nSPS) is 9.44. The molecule has 0 saturated carbocycles. The average Bonchev–Trinajstić information content (AvgIpc) is 1.80. The van der Waals surface area contributed by atoms with Gasteiger partial charge in [0.25, 0.3) is 0 Å². The van der Waals surface area contributed by atoms with Gasteiger partial charge in [0.05, 0.1) is 0 Å². The number of hydrogen-bond acceptors (Lipinski definition) is 1. The van der Waals surface area contributed by atoms with Gasteiger partial charge in [0.2, 0.25) is 0 Å². The second-order valence-corrected chi connectivity index (χ2v) is 3.18. The van der Waals surface area contributed by atoms with E-state index in [1.807, 2.05) is 20.0 Å². The van der Waals surface area contributed by atoms with E-state index in [2.05, 4.69) is 22.6 Å². The monoisotopic (exact) mass is 232 g/mol. The van der Waals surface area contributed by atoms with Crippen LogP contribution in [-0.4, -0.2) is 13.0 Å². The summed E-state index contributed by atoms with van der Waals surface area (Å²) in [6.45, 7) is 0. The summed E-state index contributed by atoms with van der Waals surface area (Å²) in [6.07, 6.45) is 0. The van der Waals surface area contributed by atoms with Crippen molar-refractivity contribution < 1.29 is 5.11 Å². The summed E-state index contributed by atoms with van der Waals surface area (Å²) >= 11 is 2.21. The number of hydrogen-bond donors (Lipinski definition) is 1. The highest BCUT2D eigenvalue weighted by Gasteiger charge is 1.92. The molecule has 0 aliphatic carbocycles. The van der Waals surface area contributed by atoms with Crippen molar-refractivity contribution in [1.29, 1.82) is 0 Å². The quantitative estimate of drug-likeness (QED) is 0.502. The van der Waals surface area contributed by atoms with Gasteiger partial charge in [-0.3, -0.25) is 0 Å². The third-order valence-corrected chi connectivity index (χ3v) is 1.83. The van der Waals surface area contributed by atoms with Crippen molar-refractivity contribution in [2.45, 2.75) is 0 Å². The van der Waals surface area contributed by atoms with Crippen molar-refractivity contribution in [3.8, 4) is 5.75 Å². The highest BCUT2D eigenvalue weighted by Crippen LogP contribution is 2.07. The molecule has 0 saturated heterocycles. The lowest BCUT2D eigenvalue weighted by Crippen LogP contribution is -2.01. The van der Waals surface area contributed by atoms with Crippen LogP contribution in [0.1, 0.15) is 0 Å². The lowest BCUT2D eigenvalue weighted by atomic mass is 9.95. The van der Waals surface area contributed by atoms with Crippen LogP contribution in [-0.2, 0) is 0 Å². The fourth-order valence-corrected chi connectivity index (χ4v) is 1.27. The second kappa shape index (κ2) is 2.60. The fourth-order valence-electron chi connectivity index (χ4n) is 0.619. The SMILES string of the molecule is Bc1cc(I)ccc1O. The molecule has 0 spiro atoms. The van der Waals surface area contributed by atoms with Crippen LogP contribution in [0.2, 0.25) is 0 Å². The first-order chi connectivity index (χ1) is 4.20. The molecule has 0 aliphatic rings. The Hall–Kier alpha value is -0.185. The largest absolute Gasteiger partial charge is 0.509 e. The van der Waals surface area contributed by atoms with Crippen molar-refractivity contribution >= 4 is 35.9 Å². The molecule has 46 valence electrons. The lowest BCUT2D eigenvalue weighted by molar-refractivity contribution is 0.479. The first-order valence-electron chi connectivity index (χ1n) is 2.65. The molecule has 1 aromatic rings. The van der Waals surface area contributed by atoms with Crippen LogP contribution in [0.3, 0.4) is 0 Å². The zero-order valence-electron chi connectivity index (χ0n) is 5.06. The van der Waals surface area contributed by atoms with Crippen molar-refractivity contribution in [1.82, 2.24) is 0 Å². The molecule has 0 bridgehead atoms. The first-order valence-corrected chi connectivity index (χ1v) is 3.73. The molecule has 1 aromatic carbocycles. The zero-order chi connectivity index (χ0) is 6.85. The molecule has 0 atom stereocenters. The summed E-state index contributed by atoms with van der Waals surface area (Å²) in [7, 11) is 1.89. The second-order valence-electron chi connectivity index (χ2n) is 1.93. The number of rotatable bonds is 0. The highest BCUT2D eigenvalue weighted by atomic mass is 127. The van der Waals surface area contributed by atoms with Gasteiger partial charge < -0.3 is 5.11 Å². The molecule has 0 aliphatic heterocycles. The van der Waals surface area contributed by atoms with Gasteiger partial charge in [0, 0.05) is 3.57 Å². The molecule has 1 nitrogen and oxygen atoms in total. The Morgan fingerprint density at radius 3 is 2.56 bits per heavy atom. The Labute approximate surface area is 68.6 Å². The van der Waals surface area contributed by atoms with Gasteiger partial charge in [0.1, 0.15) is 13.6 Å². The summed E-state index contributed by atoms with van der Waals surface area (Å²) in [6, 6.07) is 5.52. The van der Waals surface area contributed by atoms with Crippen molar-refractivity contribution in [3.63, 3.8) is 0 Å². The van der Waals surface area contributed by atoms with E-state index in [1.165, 1.54) is 0 Å². The predicted molar refractivity (Wildman–Crippen MR) is 49.0 cm³/mol. The molecular weight excluding hydrogens is 226 g/mol. The van der Waals surface area contributed by atoms with Gasteiger partial charge in [-0.05, 0) is 40.2 Å². The number of phenols is 1. The Morgan fingerprint density at radius 1 is 1.44 bits per heavy atom. The maximum Gasteiger partial charge on any atom is 0.144 e. The van der Waals surface area contributed by atoms with Crippen molar-refractivity contribution in [2.24, 2.45) is 0 Å². The molecular formula is C6H6BIO. The van der Waals surface area contributed by atoms with E-state index in [4.69, 9.17) is 5.11 Å². The Morgan fingerprint density at radius 2 is 2.11 bits per heavy atom. The Balaban J connectivity index is 3.17. The third-order valence-electron chi connectivity index (χ3n) is 1.16. The first kappa shape index (κ1) is 6.93. The van der Waals surface area contributed by atoms with E-state index >= 15 is 0 Å². The van der Waals surface area contributed by atoms with Gasteiger partial charge in [-0.25, -0.2) is 0 Å². The molecule has 0 amide bonds. The number of benzene rings is 1.